The Hall–Kier alpha value is -3.04. The Balaban J connectivity index is 3.82. The van der Waals surface area contributed by atoms with Crippen molar-refractivity contribution in [2.75, 3.05) is 0 Å². The van der Waals surface area contributed by atoms with Crippen LogP contribution in [0.2, 0.25) is 0 Å². The third kappa shape index (κ3) is 2.07. The van der Waals surface area contributed by atoms with E-state index in [0.29, 0.717) is 0 Å². The van der Waals surface area contributed by atoms with Crippen LogP contribution in [0.1, 0.15) is 41.7 Å². The van der Waals surface area contributed by atoms with E-state index < -0.39 is 46.4 Å². The number of carboxylic acids is 4. The molecule has 0 amide bonds. The van der Waals surface area contributed by atoms with Gasteiger partial charge in [-0.05, 0) is 0 Å². The fourth-order valence-corrected chi connectivity index (χ4v) is 1.15. The Labute approximate surface area is 97.1 Å². The van der Waals surface area contributed by atoms with Crippen molar-refractivity contribution in [2.45, 2.75) is 0 Å². The highest BCUT2D eigenvalue weighted by Crippen LogP contribution is 2.16. The molecule has 0 saturated heterocycles. The van der Waals surface area contributed by atoms with Gasteiger partial charge in [-0.25, -0.2) is 19.2 Å². The zero-order valence-electron chi connectivity index (χ0n) is 8.32. The van der Waals surface area contributed by atoms with Crippen molar-refractivity contribution in [3.8, 4) is 0 Å². The van der Waals surface area contributed by atoms with Crippen molar-refractivity contribution in [1.29, 1.82) is 0 Å². The molecule has 0 bridgehead atoms. The van der Waals surface area contributed by atoms with E-state index in [-0.39, 0.29) is 0 Å². The number of hydrogen-bond donors (Lipinski definition) is 4. The van der Waals surface area contributed by atoms with Gasteiger partial charge in [-0.2, -0.15) is 0 Å². The number of carbonyl (C=O) groups is 4. The minimum absolute atomic E-state index is 1.15. The average Bonchev–Trinajstić information content (AvgIpc) is 2.26. The topological polar surface area (TPSA) is 175 Å². The van der Waals surface area contributed by atoms with Crippen LogP contribution in [0, 0.1) is 0 Å². The van der Waals surface area contributed by atoms with Crippen molar-refractivity contribution in [1.82, 2.24) is 10.2 Å². The third-order valence-corrected chi connectivity index (χ3v) is 1.81. The lowest BCUT2D eigenvalue weighted by molar-refractivity contribution is 0.0610. The normalized spacial score (nSPS) is 9.78. The quantitative estimate of drug-likeness (QED) is 0.537. The van der Waals surface area contributed by atoms with Crippen LogP contribution in [0.4, 0.5) is 0 Å². The second-order valence-corrected chi connectivity index (χ2v) is 2.87. The van der Waals surface area contributed by atoms with E-state index in [1.165, 1.54) is 0 Å². The molecule has 0 aliphatic heterocycles. The number of nitrogens with zero attached hydrogens (tertiary/aromatic N) is 2. The SMILES string of the molecule is O=C(O)c1nnc(C(=O)O)c(C(=O)O)c1C(=O)O. The summed E-state index contributed by atoms with van der Waals surface area (Å²) in [6, 6.07) is 0. The first kappa shape index (κ1) is 13.0. The molecular formula is C8H4N2O8. The highest BCUT2D eigenvalue weighted by atomic mass is 16.4. The lowest BCUT2D eigenvalue weighted by atomic mass is 10.0. The van der Waals surface area contributed by atoms with E-state index in [2.05, 4.69) is 10.2 Å². The van der Waals surface area contributed by atoms with Crippen molar-refractivity contribution in [3.63, 3.8) is 0 Å². The Bertz CT molecular complexity index is 528. The summed E-state index contributed by atoms with van der Waals surface area (Å²) in [5.41, 5.74) is -4.76. The van der Waals surface area contributed by atoms with Crippen LogP contribution in [0.15, 0.2) is 0 Å². The van der Waals surface area contributed by atoms with Gasteiger partial charge in [0.2, 0.25) is 0 Å². The first-order valence-corrected chi connectivity index (χ1v) is 4.11. The van der Waals surface area contributed by atoms with Gasteiger partial charge in [0.1, 0.15) is 11.1 Å². The largest absolute Gasteiger partial charge is 0.478 e. The molecule has 0 atom stereocenters. The molecular weight excluding hydrogens is 252 g/mol. The summed E-state index contributed by atoms with van der Waals surface area (Å²) in [5.74, 6) is -7.52. The van der Waals surface area contributed by atoms with Crippen LogP contribution in [0.5, 0.6) is 0 Å². The molecule has 1 rings (SSSR count). The Morgan fingerprint density at radius 2 is 0.889 bits per heavy atom. The Morgan fingerprint density at radius 1 is 0.611 bits per heavy atom. The van der Waals surface area contributed by atoms with Crippen molar-refractivity contribution >= 4 is 23.9 Å². The predicted octanol–water partition coefficient (Wildman–Crippen LogP) is -0.731. The lowest BCUT2D eigenvalue weighted by Crippen LogP contribution is -2.22. The van der Waals surface area contributed by atoms with E-state index in [0.717, 1.165) is 0 Å². The van der Waals surface area contributed by atoms with E-state index in [1.807, 2.05) is 0 Å². The maximum absolute atomic E-state index is 10.8. The van der Waals surface area contributed by atoms with Crippen molar-refractivity contribution in [3.05, 3.63) is 22.5 Å². The highest BCUT2D eigenvalue weighted by Gasteiger charge is 2.32. The molecule has 0 aromatic carbocycles. The van der Waals surface area contributed by atoms with Crippen molar-refractivity contribution < 1.29 is 39.6 Å². The molecule has 10 heteroatoms. The molecule has 0 aliphatic rings. The summed E-state index contributed by atoms with van der Waals surface area (Å²) in [5, 5.41) is 40.6. The fraction of sp³-hybridized carbons (Fsp3) is 0. The fourth-order valence-electron chi connectivity index (χ4n) is 1.15. The van der Waals surface area contributed by atoms with Crippen LogP contribution in [0.25, 0.3) is 0 Å². The van der Waals surface area contributed by atoms with E-state index in [9.17, 15) is 19.2 Å². The summed E-state index contributed by atoms with van der Waals surface area (Å²) < 4.78 is 0. The standard InChI is InChI=1S/C8H4N2O8/c11-5(12)1-2(6(13)14)4(8(17)18)10-9-3(1)7(15)16/h(H,11,12)(H,13,14)(H,15,16)(H,17,18). The Morgan fingerprint density at radius 3 is 1.06 bits per heavy atom. The molecule has 0 fully saturated rings. The van der Waals surface area contributed by atoms with Gasteiger partial charge in [0.05, 0.1) is 0 Å². The molecule has 1 heterocycles. The van der Waals surface area contributed by atoms with E-state index >= 15 is 0 Å². The lowest BCUT2D eigenvalue weighted by Gasteiger charge is -2.06. The zero-order chi connectivity index (χ0) is 14.0. The predicted molar refractivity (Wildman–Crippen MR) is 49.9 cm³/mol. The molecule has 4 N–H and O–H groups in total. The van der Waals surface area contributed by atoms with Gasteiger partial charge in [0.25, 0.3) is 0 Å². The van der Waals surface area contributed by atoms with Gasteiger partial charge in [-0.1, -0.05) is 0 Å². The molecule has 0 radical (unpaired) electrons. The minimum Gasteiger partial charge on any atom is -0.478 e. The van der Waals surface area contributed by atoms with E-state index in [1.54, 1.807) is 0 Å². The average molecular weight is 256 g/mol. The molecule has 1 aromatic rings. The van der Waals surface area contributed by atoms with Crippen LogP contribution in [-0.2, 0) is 0 Å². The second-order valence-electron chi connectivity index (χ2n) is 2.87. The molecule has 0 spiro atoms. The summed E-state index contributed by atoms with van der Waals surface area (Å²) in [4.78, 5) is 43.0. The van der Waals surface area contributed by atoms with Crippen LogP contribution in [-0.4, -0.2) is 54.5 Å². The number of hydrogen-bond acceptors (Lipinski definition) is 6. The van der Waals surface area contributed by atoms with Gasteiger partial charge < -0.3 is 20.4 Å². The number of rotatable bonds is 4. The van der Waals surface area contributed by atoms with Gasteiger partial charge in [-0.15, -0.1) is 10.2 Å². The molecule has 0 aliphatic carbocycles. The minimum atomic E-state index is -1.93. The van der Waals surface area contributed by atoms with Gasteiger partial charge in [-0.3, -0.25) is 0 Å². The van der Waals surface area contributed by atoms with Gasteiger partial charge in [0.15, 0.2) is 11.4 Å². The smallest absolute Gasteiger partial charge is 0.357 e. The molecule has 18 heavy (non-hydrogen) atoms. The zero-order valence-corrected chi connectivity index (χ0v) is 8.32. The summed E-state index contributed by atoms with van der Waals surface area (Å²) in [6.07, 6.45) is 0. The molecule has 94 valence electrons. The molecule has 10 nitrogen and oxygen atoms in total. The summed E-state index contributed by atoms with van der Waals surface area (Å²) >= 11 is 0. The number of aromatic nitrogens is 2. The van der Waals surface area contributed by atoms with Gasteiger partial charge in [0, 0.05) is 0 Å². The van der Waals surface area contributed by atoms with Crippen LogP contribution >= 0.6 is 0 Å². The summed E-state index contributed by atoms with van der Waals surface area (Å²) in [6.45, 7) is 0. The summed E-state index contributed by atoms with van der Waals surface area (Å²) in [7, 11) is 0. The van der Waals surface area contributed by atoms with Crippen molar-refractivity contribution in [2.24, 2.45) is 0 Å². The number of aromatic carboxylic acids is 4. The third-order valence-electron chi connectivity index (χ3n) is 1.81. The van der Waals surface area contributed by atoms with Crippen LogP contribution < -0.4 is 0 Å². The second kappa shape index (κ2) is 4.45. The monoisotopic (exact) mass is 256 g/mol. The molecule has 1 aromatic heterocycles. The maximum Gasteiger partial charge on any atom is 0.357 e. The number of carboxylic acid groups (broad SMARTS) is 4. The maximum atomic E-state index is 10.8. The van der Waals surface area contributed by atoms with Gasteiger partial charge >= 0.3 is 23.9 Å². The van der Waals surface area contributed by atoms with Crippen LogP contribution in [0.3, 0.4) is 0 Å². The highest BCUT2D eigenvalue weighted by molar-refractivity contribution is 6.11. The van der Waals surface area contributed by atoms with E-state index in [4.69, 9.17) is 20.4 Å². The first-order chi connectivity index (χ1) is 8.27. The molecule has 0 saturated carbocycles. The first-order valence-electron chi connectivity index (χ1n) is 4.11. The molecule has 0 unspecified atom stereocenters. The Kier molecular flexibility index (Phi) is 3.22.